The van der Waals surface area contributed by atoms with Crippen molar-refractivity contribution < 1.29 is 0 Å². The second-order valence-corrected chi connectivity index (χ2v) is 8.12. The second kappa shape index (κ2) is 9.42. The molecule has 8 nitrogen and oxygen atoms in total. The maximum absolute atomic E-state index is 4.61. The van der Waals surface area contributed by atoms with Crippen LogP contribution in [0.3, 0.4) is 0 Å². The quantitative estimate of drug-likeness (QED) is 0.318. The fraction of sp³-hybridized carbons (Fsp3) is 0.333. The van der Waals surface area contributed by atoms with Crippen molar-refractivity contribution in [3.8, 4) is 33.9 Å². The smallest absolute Gasteiger partial charge is 0.123 e. The highest BCUT2D eigenvalue weighted by atomic mass is 15.0. The van der Waals surface area contributed by atoms with Crippen molar-refractivity contribution in [3.63, 3.8) is 0 Å². The van der Waals surface area contributed by atoms with E-state index < -0.39 is 0 Å². The van der Waals surface area contributed by atoms with Crippen molar-refractivity contribution in [1.29, 1.82) is 0 Å². The Bertz CT molecular complexity index is 1140. The summed E-state index contributed by atoms with van der Waals surface area (Å²) in [6.45, 7) is 4.91. The number of nitrogens with zero attached hydrogens (tertiary/aromatic N) is 4. The summed E-state index contributed by atoms with van der Waals surface area (Å²) in [5.41, 5.74) is 5.66. The average molecular weight is 429 g/mol. The van der Waals surface area contributed by atoms with Gasteiger partial charge >= 0.3 is 0 Å². The van der Waals surface area contributed by atoms with Crippen molar-refractivity contribution in [2.45, 2.75) is 38.8 Å². The number of rotatable bonds is 8. The molecule has 0 amide bonds. The van der Waals surface area contributed by atoms with Gasteiger partial charge in [0.15, 0.2) is 0 Å². The molecule has 1 aliphatic heterocycles. The monoisotopic (exact) mass is 428 g/mol. The standard InChI is InChI=1S/C24H28N8/c1-2-9-25-15-23-29-14-22(31-23)21-13-27-19(11-28-21)16-5-7-17(8-6-16)20-12-30-24(32-20)18-4-3-10-26-18/h5-8,11-14,18,25-26H,2-4,9-10,15H2,1H3,(H,29,31)(H,30,32)/t18-/m0/s1. The van der Waals surface area contributed by atoms with Gasteiger partial charge in [-0.1, -0.05) is 31.2 Å². The van der Waals surface area contributed by atoms with E-state index in [2.05, 4.69) is 71.7 Å². The Morgan fingerprint density at radius 3 is 2.41 bits per heavy atom. The molecular weight excluding hydrogens is 400 g/mol. The summed E-state index contributed by atoms with van der Waals surface area (Å²) in [5.74, 6) is 1.92. The molecule has 1 fully saturated rings. The van der Waals surface area contributed by atoms with Crippen LogP contribution in [0.2, 0.25) is 0 Å². The summed E-state index contributed by atoms with van der Waals surface area (Å²) >= 11 is 0. The molecule has 1 aromatic carbocycles. The predicted molar refractivity (Wildman–Crippen MR) is 125 cm³/mol. The lowest BCUT2D eigenvalue weighted by atomic mass is 10.1. The summed E-state index contributed by atoms with van der Waals surface area (Å²) < 4.78 is 0. The number of aromatic nitrogens is 6. The van der Waals surface area contributed by atoms with Crippen LogP contribution in [-0.4, -0.2) is 43.0 Å². The van der Waals surface area contributed by atoms with Crippen LogP contribution in [0.15, 0.2) is 49.1 Å². The van der Waals surface area contributed by atoms with Crippen LogP contribution < -0.4 is 10.6 Å². The minimum absolute atomic E-state index is 0.343. The fourth-order valence-electron chi connectivity index (χ4n) is 3.98. The molecule has 1 aliphatic rings. The topological polar surface area (TPSA) is 107 Å². The van der Waals surface area contributed by atoms with E-state index in [4.69, 9.17) is 0 Å². The van der Waals surface area contributed by atoms with Crippen LogP contribution in [0, 0.1) is 0 Å². The van der Waals surface area contributed by atoms with Crippen molar-refractivity contribution >= 4 is 0 Å². The third-order valence-electron chi connectivity index (χ3n) is 5.75. The molecule has 0 saturated carbocycles. The first-order valence-electron chi connectivity index (χ1n) is 11.3. The van der Waals surface area contributed by atoms with Gasteiger partial charge in [-0.25, -0.2) is 9.97 Å². The molecule has 0 radical (unpaired) electrons. The maximum Gasteiger partial charge on any atom is 0.123 e. The van der Waals surface area contributed by atoms with Gasteiger partial charge in [0.05, 0.1) is 54.5 Å². The fourth-order valence-corrected chi connectivity index (χ4v) is 3.98. The summed E-state index contributed by atoms with van der Waals surface area (Å²) in [6, 6.07) is 8.67. The minimum atomic E-state index is 0.343. The van der Waals surface area contributed by atoms with E-state index in [1.807, 2.05) is 6.20 Å². The number of aromatic amines is 2. The predicted octanol–water partition coefficient (Wildman–Crippen LogP) is 3.85. The Hall–Kier alpha value is -3.36. The maximum atomic E-state index is 4.61. The van der Waals surface area contributed by atoms with Crippen molar-refractivity contribution in [3.05, 3.63) is 60.7 Å². The van der Waals surface area contributed by atoms with Crippen molar-refractivity contribution in [2.75, 3.05) is 13.1 Å². The molecule has 0 spiro atoms. The largest absolute Gasteiger partial charge is 0.341 e. The zero-order chi connectivity index (χ0) is 21.8. The van der Waals surface area contributed by atoms with Gasteiger partial charge in [-0.2, -0.15) is 0 Å². The molecule has 1 saturated heterocycles. The van der Waals surface area contributed by atoms with Gasteiger partial charge in [0.25, 0.3) is 0 Å². The summed E-state index contributed by atoms with van der Waals surface area (Å²) in [6.07, 6.45) is 10.7. The van der Waals surface area contributed by atoms with Crippen LogP contribution in [0.25, 0.3) is 33.9 Å². The SMILES string of the molecule is CCCNCc1ncc(-c2cnc(-c3ccc(-c4cnc([C@@H]5CCCN5)[nH]4)cc3)cn2)[nH]1. The van der Waals surface area contributed by atoms with Gasteiger partial charge in [0, 0.05) is 5.56 Å². The van der Waals surface area contributed by atoms with E-state index in [1.165, 1.54) is 6.42 Å². The molecule has 4 N–H and O–H groups in total. The molecular formula is C24H28N8. The van der Waals surface area contributed by atoms with Gasteiger partial charge in [-0.3, -0.25) is 9.97 Å². The Morgan fingerprint density at radius 2 is 1.66 bits per heavy atom. The summed E-state index contributed by atoms with van der Waals surface area (Å²) in [7, 11) is 0. The number of hydrogen-bond donors (Lipinski definition) is 4. The average Bonchev–Trinajstić information content (AvgIpc) is 3.61. The lowest BCUT2D eigenvalue weighted by Gasteiger charge is -2.06. The first-order valence-corrected chi connectivity index (χ1v) is 11.3. The van der Waals surface area contributed by atoms with E-state index in [-0.39, 0.29) is 0 Å². The normalized spacial score (nSPS) is 16.0. The summed E-state index contributed by atoms with van der Waals surface area (Å²) in [5, 5.41) is 6.82. The molecule has 164 valence electrons. The highest BCUT2D eigenvalue weighted by Crippen LogP contribution is 2.26. The molecule has 3 aromatic heterocycles. The van der Waals surface area contributed by atoms with Gasteiger partial charge < -0.3 is 20.6 Å². The zero-order valence-corrected chi connectivity index (χ0v) is 18.2. The van der Waals surface area contributed by atoms with Crippen molar-refractivity contribution in [2.24, 2.45) is 0 Å². The second-order valence-electron chi connectivity index (χ2n) is 8.12. The van der Waals surface area contributed by atoms with Crippen molar-refractivity contribution in [1.82, 2.24) is 40.5 Å². The third kappa shape index (κ3) is 4.46. The highest BCUT2D eigenvalue weighted by molar-refractivity contribution is 5.66. The molecule has 32 heavy (non-hydrogen) atoms. The molecule has 0 bridgehead atoms. The number of imidazole rings is 2. The van der Waals surface area contributed by atoms with Gasteiger partial charge in [0.2, 0.25) is 0 Å². The van der Waals surface area contributed by atoms with E-state index in [1.54, 1.807) is 18.6 Å². The molecule has 5 rings (SSSR count). The Kier molecular flexibility index (Phi) is 6.04. The lowest BCUT2D eigenvalue weighted by Crippen LogP contribution is -2.14. The van der Waals surface area contributed by atoms with Crippen LogP contribution in [0.4, 0.5) is 0 Å². The van der Waals surface area contributed by atoms with E-state index >= 15 is 0 Å². The number of nitrogens with one attached hydrogen (secondary N) is 4. The highest BCUT2D eigenvalue weighted by Gasteiger charge is 2.19. The number of benzene rings is 1. The van der Waals surface area contributed by atoms with E-state index in [9.17, 15) is 0 Å². The zero-order valence-electron chi connectivity index (χ0n) is 18.2. The third-order valence-corrected chi connectivity index (χ3v) is 5.75. The molecule has 4 aromatic rings. The molecule has 4 heterocycles. The Morgan fingerprint density at radius 1 is 0.875 bits per heavy atom. The first-order chi connectivity index (χ1) is 15.8. The minimum Gasteiger partial charge on any atom is -0.341 e. The van der Waals surface area contributed by atoms with E-state index in [0.717, 1.165) is 78.0 Å². The lowest BCUT2D eigenvalue weighted by molar-refractivity contribution is 0.613. The van der Waals surface area contributed by atoms with Crippen LogP contribution in [0.5, 0.6) is 0 Å². The number of hydrogen-bond acceptors (Lipinski definition) is 6. The molecule has 0 aliphatic carbocycles. The Labute approximate surface area is 187 Å². The molecule has 0 unspecified atom stereocenters. The molecule has 8 heteroatoms. The molecule has 1 atom stereocenters. The summed E-state index contributed by atoms with van der Waals surface area (Å²) in [4.78, 5) is 24.9. The van der Waals surface area contributed by atoms with Gasteiger partial charge in [-0.15, -0.1) is 0 Å². The van der Waals surface area contributed by atoms with Gasteiger partial charge in [0.1, 0.15) is 17.3 Å². The van der Waals surface area contributed by atoms with Crippen LogP contribution >= 0.6 is 0 Å². The van der Waals surface area contributed by atoms with Crippen LogP contribution in [-0.2, 0) is 6.54 Å². The van der Waals surface area contributed by atoms with Gasteiger partial charge in [-0.05, 0) is 37.9 Å². The van der Waals surface area contributed by atoms with Crippen LogP contribution in [0.1, 0.15) is 43.9 Å². The first kappa shape index (κ1) is 20.5. The Balaban J connectivity index is 1.26. The van der Waals surface area contributed by atoms with E-state index in [0.29, 0.717) is 6.04 Å². The number of H-pyrrole nitrogens is 2.